The average molecular weight is 262 g/mol. The third-order valence-corrected chi connectivity index (χ3v) is 4.37. The first kappa shape index (κ1) is 14.5. The fourth-order valence-corrected chi connectivity index (χ4v) is 3.57. The monoisotopic (exact) mass is 262 g/mol. The largest absolute Gasteiger partial charge is 0.396 e. The van der Waals surface area contributed by atoms with Gasteiger partial charge in [0.2, 0.25) is 0 Å². The number of hydrogen-bond donors (Lipinski definition) is 2. The van der Waals surface area contributed by atoms with Crippen LogP contribution in [0.25, 0.3) is 0 Å². The van der Waals surface area contributed by atoms with Crippen molar-refractivity contribution < 1.29 is 5.11 Å². The summed E-state index contributed by atoms with van der Waals surface area (Å²) in [6.07, 6.45) is 3.54. The fourth-order valence-electron chi connectivity index (χ4n) is 3.57. The smallest absolute Gasteiger partial charge is 0.0474 e. The van der Waals surface area contributed by atoms with Crippen LogP contribution in [0.5, 0.6) is 0 Å². The molecule has 0 radical (unpaired) electrons. The molecule has 3 unspecified atom stereocenters. The average Bonchev–Trinajstić information content (AvgIpc) is 2.74. The molecule has 1 aliphatic carbocycles. The van der Waals surface area contributed by atoms with Crippen molar-refractivity contribution in [2.45, 2.75) is 59.0 Å². The fraction of sp³-hybridized carbons (Fsp3) is 0.688. The lowest BCUT2D eigenvalue weighted by molar-refractivity contribution is 0.200. The Hall–Kier alpha value is -0.930. The van der Waals surface area contributed by atoms with Crippen molar-refractivity contribution in [3.8, 4) is 0 Å². The van der Waals surface area contributed by atoms with Gasteiger partial charge in [-0.1, -0.05) is 6.42 Å². The van der Waals surface area contributed by atoms with E-state index in [2.05, 4.69) is 37.1 Å². The molecule has 19 heavy (non-hydrogen) atoms. The molecule has 1 aromatic heterocycles. The molecule has 0 amide bonds. The first-order chi connectivity index (χ1) is 9.02. The molecule has 1 fully saturated rings. The molecule has 3 nitrogen and oxygen atoms in total. The van der Waals surface area contributed by atoms with E-state index in [1.54, 1.807) is 0 Å². The zero-order chi connectivity index (χ0) is 14.0. The van der Waals surface area contributed by atoms with Crippen LogP contribution in [0.15, 0.2) is 6.07 Å². The van der Waals surface area contributed by atoms with Crippen LogP contribution in [0.2, 0.25) is 0 Å². The van der Waals surface area contributed by atoms with Gasteiger partial charge in [-0.25, -0.2) is 0 Å². The molecule has 0 saturated heterocycles. The van der Waals surface area contributed by atoms with Gasteiger partial charge in [-0.05, 0) is 63.6 Å². The third kappa shape index (κ3) is 3.15. The molecule has 3 heteroatoms. The highest BCUT2D eigenvalue weighted by Crippen LogP contribution is 2.29. The summed E-state index contributed by atoms with van der Waals surface area (Å²) < 4.78 is 0. The lowest BCUT2D eigenvalue weighted by atomic mass is 9.97. The van der Waals surface area contributed by atoms with Gasteiger partial charge in [0, 0.05) is 30.1 Å². The molecule has 1 aromatic rings. The van der Waals surface area contributed by atoms with E-state index in [0.29, 0.717) is 24.6 Å². The Bertz CT molecular complexity index is 421. The molecule has 0 spiro atoms. The van der Waals surface area contributed by atoms with E-state index in [4.69, 9.17) is 0 Å². The SMILES string of the molecule is Cc1cc(C)c(C(C)NC2CCCC2CO)c(C)n1. The second-order valence-electron chi connectivity index (χ2n) is 5.95. The summed E-state index contributed by atoms with van der Waals surface area (Å²) in [4.78, 5) is 4.58. The number of aliphatic hydroxyl groups excluding tert-OH is 1. The molecular formula is C16H26N2O. The van der Waals surface area contributed by atoms with Crippen LogP contribution in [-0.4, -0.2) is 22.7 Å². The van der Waals surface area contributed by atoms with Crippen LogP contribution in [0.3, 0.4) is 0 Å². The highest BCUT2D eigenvalue weighted by atomic mass is 16.3. The number of hydrogen-bond acceptors (Lipinski definition) is 3. The molecule has 106 valence electrons. The van der Waals surface area contributed by atoms with E-state index in [9.17, 15) is 5.11 Å². The van der Waals surface area contributed by atoms with E-state index in [-0.39, 0.29) is 0 Å². The van der Waals surface area contributed by atoms with Gasteiger partial charge in [0.05, 0.1) is 0 Å². The minimum atomic E-state index is 0.297. The van der Waals surface area contributed by atoms with Crippen molar-refractivity contribution in [1.82, 2.24) is 10.3 Å². The van der Waals surface area contributed by atoms with E-state index >= 15 is 0 Å². The van der Waals surface area contributed by atoms with E-state index in [1.165, 1.54) is 24.0 Å². The van der Waals surface area contributed by atoms with Crippen molar-refractivity contribution in [3.05, 3.63) is 28.6 Å². The zero-order valence-corrected chi connectivity index (χ0v) is 12.5. The van der Waals surface area contributed by atoms with Crippen LogP contribution >= 0.6 is 0 Å². The van der Waals surface area contributed by atoms with Crippen molar-refractivity contribution >= 4 is 0 Å². The Morgan fingerprint density at radius 1 is 1.37 bits per heavy atom. The normalized spacial score (nSPS) is 24.7. The summed E-state index contributed by atoms with van der Waals surface area (Å²) in [5.74, 6) is 0.418. The second-order valence-corrected chi connectivity index (χ2v) is 5.95. The van der Waals surface area contributed by atoms with Crippen molar-refractivity contribution in [2.75, 3.05) is 6.61 Å². The maximum absolute atomic E-state index is 9.41. The predicted molar refractivity (Wildman–Crippen MR) is 78.2 cm³/mol. The van der Waals surface area contributed by atoms with Crippen molar-refractivity contribution in [3.63, 3.8) is 0 Å². The summed E-state index contributed by atoms with van der Waals surface area (Å²) in [6, 6.07) is 2.89. The lowest BCUT2D eigenvalue weighted by Crippen LogP contribution is -2.36. The zero-order valence-electron chi connectivity index (χ0n) is 12.5. The van der Waals surface area contributed by atoms with Gasteiger partial charge in [0.25, 0.3) is 0 Å². The molecule has 3 atom stereocenters. The predicted octanol–water partition coefficient (Wildman–Crippen LogP) is 2.82. The molecule has 0 bridgehead atoms. The van der Waals surface area contributed by atoms with E-state index in [0.717, 1.165) is 17.8 Å². The van der Waals surface area contributed by atoms with Crippen LogP contribution in [0.4, 0.5) is 0 Å². The summed E-state index contributed by atoms with van der Waals surface area (Å²) in [5.41, 5.74) is 4.83. The lowest BCUT2D eigenvalue weighted by Gasteiger charge is -2.26. The molecule has 2 rings (SSSR count). The molecule has 1 saturated carbocycles. The van der Waals surface area contributed by atoms with E-state index < -0.39 is 0 Å². The molecule has 1 heterocycles. The number of pyridine rings is 1. The molecule has 1 aliphatic rings. The minimum absolute atomic E-state index is 0.297. The van der Waals surface area contributed by atoms with Crippen LogP contribution in [0.1, 0.15) is 54.7 Å². The first-order valence-corrected chi connectivity index (χ1v) is 7.34. The summed E-state index contributed by atoms with van der Waals surface area (Å²) in [6.45, 7) is 8.80. The van der Waals surface area contributed by atoms with Crippen LogP contribution in [0, 0.1) is 26.7 Å². The Labute approximate surface area is 116 Å². The Morgan fingerprint density at radius 3 is 2.74 bits per heavy atom. The Kier molecular flexibility index (Phi) is 4.58. The number of aryl methyl sites for hydroxylation is 3. The maximum atomic E-state index is 9.41. The summed E-state index contributed by atoms with van der Waals surface area (Å²) in [7, 11) is 0. The van der Waals surface area contributed by atoms with Gasteiger partial charge in [-0.3, -0.25) is 4.98 Å². The molecule has 2 N–H and O–H groups in total. The number of nitrogens with one attached hydrogen (secondary N) is 1. The first-order valence-electron chi connectivity index (χ1n) is 7.34. The van der Waals surface area contributed by atoms with E-state index in [1.807, 2.05) is 6.92 Å². The molecule has 0 aromatic carbocycles. The summed E-state index contributed by atoms with van der Waals surface area (Å²) >= 11 is 0. The highest BCUT2D eigenvalue weighted by molar-refractivity contribution is 5.33. The van der Waals surface area contributed by atoms with Gasteiger partial charge < -0.3 is 10.4 Å². The number of rotatable bonds is 4. The van der Waals surface area contributed by atoms with Gasteiger partial charge in [-0.2, -0.15) is 0 Å². The maximum Gasteiger partial charge on any atom is 0.0474 e. The summed E-state index contributed by atoms with van der Waals surface area (Å²) in [5, 5.41) is 13.1. The van der Waals surface area contributed by atoms with Gasteiger partial charge in [0.1, 0.15) is 0 Å². The quantitative estimate of drug-likeness (QED) is 0.877. The second kappa shape index (κ2) is 6.02. The van der Waals surface area contributed by atoms with Crippen molar-refractivity contribution in [1.29, 1.82) is 0 Å². The number of nitrogens with zero attached hydrogens (tertiary/aromatic N) is 1. The van der Waals surface area contributed by atoms with Gasteiger partial charge in [0.15, 0.2) is 0 Å². The minimum Gasteiger partial charge on any atom is -0.396 e. The third-order valence-electron chi connectivity index (χ3n) is 4.37. The molecule has 0 aliphatic heterocycles. The topological polar surface area (TPSA) is 45.1 Å². The van der Waals surface area contributed by atoms with Crippen molar-refractivity contribution in [2.24, 2.45) is 5.92 Å². The standard InChI is InChI=1S/C16H26N2O/c1-10-8-11(2)17-12(3)16(10)13(4)18-15-7-5-6-14(15)9-19/h8,13-15,18-19H,5-7,9H2,1-4H3. The number of aliphatic hydroxyl groups is 1. The highest BCUT2D eigenvalue weighted by Gasteiger charge is 2.28. The Balaban J connectivity index is 2.14. The number of aromatic nitrogens is 1. The van der Waals surface area contributed by atoms with Gasteiger partial charge >= 0.3 is 0 Å². The Morgan fingerprint density at radius 2 is 2.11 bits per heavy atom. The molecular weight excluding hydrogens is 236 g/mol. The van der Waals surface area contributed by atoms with Crippen LogP contribution < -0.4 is 5.32 Å². The van der Waals surface area contributed by atoms with Crippen LogP contribution in [-0.2, 0) is 0 Å². The van der Waals surface area contributed by atoms with Gasteiger partial charge in [-0.15, -0.1) is 0 Å².